The quantitative estimate of drug-likeness (QED) is 0.336. The molecule has 0 saturated heterocycles. The number of benzene rings is 2. The van der Waals surface area contributed by atoms with Gasteiger partial charge in [-0.15, -0.1) is 0 Å². The van der Waals surface area contributed by atoms with E-state index >= 15 is 0 Å². The molecule has 0 radical (unpaired) electrons. The summed E-state index contributed by atoms with van der Waals surface area (Å²) in [5.41, 5.74) is 1.59. The normalized spacial score (nSPS) is 12.4. The fourth-order valence-corrected chi connectivity index (χ4v) is 6.84. The molecule has 0 aliphatic heterocycles. The van der Waals surface area contributed by atoms with Crippen molar-refractivity contribution in [1.82, 2.24) is 9.88 Å². The van der Waals surface area contributed by atoms with Gasteiger partial charge in [0.25, 0.3) is 0 Å². The summed E-state index contributed by atoms with van der Waals surface area (Å²) in [6.07, 6.45) is 1.41. The number of fused-ring (bicyclic) bond motifs is 1. The molecule has 0 fully saturated rings. The first-order valence-corrected chi connectivity index (χ1v) is 16.2. The second-order valence-electron chi connectivity index (χ2n) is 8.71. The van der Waals surface area contributed by atoms with E-state index in [1.54, 1.807) is 41.3 Å². The van der Waals surface area contributed by atoms with Crippen molar-refractivity contribution in [2.24, 2.45) is 0 Å². The molecule has 3 aromatic rings. The van der Waals surface area contributed by atoms with Gasteiger partial charge < -0.3 is 4.90 Å². The van der Waals surface area contributed by atoms with Gasteiger partial charge in [0.15, 0.2) is 24.8 Å². The Labute approximate surface area is 217 Å². The van der Waals surface area contributed by atoms with E-state index in [4.69, 9.17) is 0 Å². The van der Waals surface area contributed by atoms with Crippen LogP contribution in [0.15, 0.2) is 52.3 Å². The molecule has 0 aliphatic carbocycles. The Hall–Kier alpha value is -2.34. The zero-order valence-corrected chi connectivity index (χ0v) is 23.5. The summed E-state index contributed by atoms with van der Waals surface area (Å²) in [6.45, 7) is 8.72. The monoisotopic (exact) mass is 551 g/mol. The third-order valence-electron chi connectivity index (χ3n) is 6.03. The molecular weight excluding hydrogens is 518 g/mol. The maximum absolute atomic E-state index is 13.3. The lowest BCUT2D eigenvalue weighted by molar-refractivity contribution is -0.118. The molecule has 1 aromatic heterocycles. The van der Waals surface area contributed by atoms with Crippen LogP contribution in [-0.4, -0.2) is 70.8 Å². The zero-order chi connectivity index (χ0) is 26.5. The summed E-state index contributed by atoms with van der Waals surface area (Å²) < 4.78 is 50.0. The van der Waals surface area contributed by atoms with E-state index in [1.807, 2.05) is 6.92 Å². The zero-order valence-electron chi connectivity index (χ0n) is 21.1. The van der Waals surface area contributed by atoms with Crippen LogP contribution in [0.2, 0.25) is 0 Å². The molecule has 0 spiro atoms. The lowest BCUT2D eigenvalue weighted by Crippen LogP contribution is -2.38. The number of hydrogen-bond acceptors (Lipinski definition) is 8. The van der Waals surface area contributed by atoms with Gasteiger partial charge in [0.2, 0.25) is 5.91 Å². The predicted molar refractivity (Wildman–Crippen MR) is 145 cm³/mol. The molecular formula is C25H33N3O5S3. The molecule has 0 unspecified atom stereocenters. The number of aromatic nitrogens is 1. The number of hydrogen-bond donors (Lipinski definition) is 0. The highest BCUT2D eigenvalue weighted by Gasteiger charge is 2.22. The molecule has 0 saturated carbocycles. The topological polar surface area (TPSA) is 105 Å². The van der Waals surface area contributed by atoms with E-state index in [0.717, 1.165) is 24.9 Å². The van der Waals surface area contributed by atoms with Crippen LogP contribution < -0.4 is 4.90 Å². The molecule has 11 heteroatoms. The number of sulfone groups is 2. The van der Waals surface area contributed by atoms with Crippen molar-refractivity contribution in [2.75, 3.05) is 43.1 Å². The Kier molecular flexibility index (Phi) is 9.26. The molecule has 0 atom stereocenters. The molecule has 3 rings (SSSR count). The fraction of sp³-hybridized carbons (Fsp3) is 0.440. The summed E-state index contributed by atoms with van der Waals surface area (Å²) in [5.74, 6) is -0.327. The van der Waals surface area contributed by atoms with Crippen molar-refractivity contribution in [1.29, 1.82) is 0 Å². The Morgan fingerprint density at radius 3 is 2.19 bits per heavy atom. The SMILES string of the molecule is CCN(CC)CCN(C(=O)CCCS(=O)(=O)c1ccc(C)cc1)c1nc2ccc(S(C)(=O)=O)cc2s1. The molecule has 196 valence electrons. The largest absolute Gasteiger partial charge is 0.302 e. The molecule has 0 aliphatic rings. The fourth-order valence-electron chi connectivity index (χ4n) is 3.76. The van der Waals surface area contributed by atoms with Crippen molar-refractivity contribution >= 4 is 52.3 Å². The van der Waals surface area contributed by atoms with Gasteiger partial charge in [-0.25, -0.2) is 21.8 Å². The number of aryl methyl sites for hydroxylation is 1. The second-order valence-corrected chi connectivity index (χ2v) is 13.8. The van der Waals surface area contributed by atoms with Crippen molar-refractivity contribution in [3.63, 3.8) is 0 Å². The lowest BCUT2D eigenvalue weighted by atomic mass is 10.2. The summed E-state index contributed by atoms with van der Waals surface area (Å²) in [4.78, 5) is 22.1. The van der Waals surface area contributed by atoms with Gasteiger partial charge in [-0.05, 0) is 56.8 Å². The van der Waals surface area contributed by atoms with Crippen molar-refractivity contribution in [3.8, 4) is 0 Å². The minimum atomic E-state index is -3.48. The Balaban J connectivity index is 1.79. The number of likely N-dealkylation sites (N-methyl/N-ethyl adjacent to an activating group) is 1. The minimum absolute atomic E-state index is 0.0633. The molecule has 0 N–H and O–H groups in total. The van der Waals surface area contributed by atoms with Crippen molar-refractivity contribution < 1.29 is 21.6 Å². The number of thiazole rings is 1. The number of carbonyl (C=O) groups is 1. The molecule has 2 aromatic carbocycles. The van der Waals surface area contributed by atoms with Gasteiger partial charge in [-0.3, -0.25) is 9.69 Å². The van der Waals surface area contributed by atoms with Crippen LogP contribution >= 0.6 is 11.3 Å². The van der Waals surface area contributed by atoms with Crippen LogP contribution in [0.3, 0.4) is 0 Å². The number of nitrogens with zero attached hydrogens (tertiary/aromatic N) is 3. The number of rotatable bonds is 12. The molecule has 1 heterocycles. The maximum Gasteiger partial charge on any atom is 0.228 e. The van der Waals surface area contributed by atoms with Crippen LogP contribution in [0.5, 0.6) is 0 Å². The van der Waals surface area contributed by atoms with Crippen molar-refractivity contribution in [2.45, 2.75) is 43.4 Å². The predicted octanol–water partition coefficient (Wildman–Crippen LogP) is 3.94. The van der Waals surface area contributed by atoms with E-state index in [1.165, 1.54) is 17.4 Å². The third kappa shape index (κ3) is 7.12. The van der Waals surface area contributed by atoms with E-state index in [2.05, 4.69) is 23.7 Å². The first-order valence-electron chi connectivity index (χ1n) is 11.9. The highest BCUT2D eigenvalue weighted by molar-refractivity contribution is 7.91. The minimum Gasteiger partial charge on any atom is -0.302 e. The van der Waals surface area contributed by atoms with E-state index in [-0.39, 0.29) is 34.3 Å². The highest BCUT2D eigenvalue weighted by atomic mass is 32.2. The van der Waals surface area contributed by atoms with Gasteiger partial charge in [-0.1, -0.05) is 42.9 Å². The van der Waals surface area contributed by atoms with Gasteiger partial charge in [0.1, 0.15) is 0 Å². The second kappa shape index (κ2) is 11.8. The van der Waals surface area contributed by atoms with Crippen molar-refractivity contribution in [3.05, 3.63) is 48.0 Å². The van der Waals surface area contributed by atoms with Crippen LogP contribution in [0.1, 0.15) is 32.3 Å². The summed E-state index contributed by atoms with van der Waals surface area (Å²) in [5, 5.41) is 0.481. The Morgan fingerprint density at radius 1 is 0.944 bits per heavy atom. The van der Waals surface area contributed by atoms with Crippen LogP contribution in [0.4, 0.5) is 5.13 Å². The van der Waals surface area contributed by atoms with Crippen LogP contribution in [0.25, 0.3) is 10.2 Å². The van der Waals surface area contributed by atoms with Gasteiger partial charge in [0.05, 0.1) is 25.8 Å². The number of carbonyl (C=O) groups excluding carboxylic acids is 1. The molecule has 8 nitrogen and oxygen atoms in total. The van der Waals surface area contributed by atoms with Crippen LogP contribution in [-0.2, 0) is 24.5 Å². The molecule has 36 heavy (non-hydrogen) atoms. The first kappa shape index (κ1) is 28.2. The van der Waals surface area contributed by atoms with Gasteiger partial charge >= 0.3 is 0 Å². The number of amides is 1. The lowest BCUT2D eigenvalue weighted by Gasteiger charge is -2.24. The average molecular weight is 552 g/mol. The summed E-state index contributed by atoms with van der Waals surface area (Å²) >= 11 is 1.26. The first-order chi connectivity index (χ1) is 16.9. The van der Waals surface area contributed by atoms with E-state index in [9.17, 15) is 21.6 Å². The van der Waals surface area contributed by atoms with Gasteiger partial charge in [-0.2, -0.15) is 0 Å². The third-order valence-corrected chi connectivity index (χ3v) is 9.99. The standard InChI is InChI=1S/C25H33N3O5S3/c1-5-27(6-2)15-16-28(25-26-22-14-13-21(35(4,30)31)18-23(22)34-25)24(29)8-7-17-36(32,33)20-11-9-19(3)10-12-20/h9-14,18H,5-8,15-17H2,1-4H3. The van der Waals surface area contributed by atoms with E-state index < -0.39 is 19.7 Å². The maximum atomic E-state index is 13.3. The van der Waals surface area contributed by atoms with Gasteiger partial charge in [0, 0.05) is 25.8 Å². The number of anilines is 1. The molecule has 1 amide bonds. The Morgan fingerprint density at radius 2 is 1.58 bits per heavy atom. The average Bonchev–Trinajstić information content (AvgIpc) is 3.24. The summed E-state index contributed by atoms with van der Waals surface area (Å²) in [6, 6.07) is 11.4. The Bertz CT molecular complexity index is 1410. The van der Waals surface area contributed by atoms with E-state index in [0.29, 0.717) is 28.4 Å². The summed E-state index contributed by atoms with van der Waals surface area (Å²) in [7, 11) is -6.85. The van der Waals surface area contributed by atoms with Crippen LogP contribution in [0, 0.1) is 6.92 Å². The highest BCUT2D eigenvalue weighted by Crippen LogP contribution is 2.31. The molecule has 0 bridgehead atoms. The smallest absolute Gasteiger partial charge is 0.228 e.